The first kappa shape index (κ1) is 15.6. The number of rotatable bonds is 5. The molecule has 106 valence electrons. The maximum absolute atomic E-state index is 6.18. The molecule has 0 saturated carbocycles. The summed E-state index contributed by atoms with van der Waals surface area (Å²) in [7, 11) is 0. The van der Waals surface area contributed by atoms with E-state index in [4.69, 9.17) is 4.74 Å². The van der Waals surface area contributed by atoms with Gasteiger partial charge in [-0.3, -0.25) is 0 Å². The Morgan fingerprint density at radius 3 is 2.55 bits per heavy atom. The van der Waals surface area contributed by atoms with Crippen LogP contribution in [0.25, 0.3) is 0 Å². The molecule has 0 spiro atoms. The molecule has 1 nitrogen and oxygen atoms in total. The van der Waals surface area contributed by atoms with Gasteiger partial charge in [0.25, 0.3) is 0 Å². The lowest BCUT2D eigenvalue weighted by atomic mass is 9.98. The molecule has 0 bridgehead atoms. The van der Waals surface area contributed by atoms with E-state index in [0.29, 0.717) is 5.92 Å². The van der Waals surface area contributed by atoms with Gasteiger partial charge in [-0.1, -0.05) is 70.0 Å². The minimum absolute atomic E-state index is 0.491. The van der Waals surface area contributed by atoms with Crippen molar-refractivity contribution in [3.05, 3.63) is 58.1 Å². The van der Waals surface area contributed by atoms with Crippen LogP contribution < -0.4 is 4.74 Å². The Kier molecular flexibility index (Phi) is 5.67. The number of para-hydroxylation sites is 1. The second kappa shape index (κ2) is 7.28. The minimum atomic E-state index is 0.491. The third-order valence-corrected chi connectivity index (χ3v) is 4.55. The van der Waals surface area contributed by atoms with Crippen LogP contribution >= 0.6 is 31.9 Å². The molecule has 0 saturated heterocycles. The van der Waals surface area contributed by atoms with Gasteiger partial charge in [-0.15, -0.1) is 0 Å². The van der Waals surface area contributed by atoms with Gasteiger partial charge in [-0.05, 0) is 36.1 Å². The van der Waals surface area contributed by atoms with Gasteiger partial charge in [0.05, 0.1) is 0 Å². The van der Waals surface area contributed by atoms with Gasteiger partial charge in [0, 0.05) is 15.4 Å². The third-order valence-electron chi connectivity index (χ3n) is 3.46. The van der Waals surface area contributed by atoms with Crippen molar-refractivity contribution >= 4 is 31.9 Å². The molecule has 0 aromatic heterocycles. The summed E-state index contributed by atoms with van der Waals surface area (Å²) in [6, 6.07) is 14.4. The van der Waals surface area contributed by atoms with Crippen molar-refractivity contribution in [3.8, 4) is 11.5 Å². The number of hydrogen-bond donors (Lipinski definition) is 0. The topological polar surface area (TPSA) is 9.23 Å². The lowest BCUT2D eigenvalue weighted by Gasteiger charge is -2.17. The predicted octanol–water partition coefficient (Wildman–Crippen LogP) is 6.65. The summed E-state index contributed by atoms with van der Waals surface area (Å²) in [5.74, 6) is 2.33. The Balaban J connectivity index is 2.37. The van der Waals surface area contributed by atoms with Crippen LogP contribution in [0, 0.1) is 0 Å². The smallest absolute Gasteiger partial charge is 0.132 e. The lowest BCUT2D eigenvalue weighted by Crippen LogP contribution is -1.97. The van der Waals surface area contributed by atoms with E-state index >= 15 is 0 Å². The number of halogens is 2. The maximum atomic E-state index is 6.18. The highest BCUT2D eigenvalue weighted by atomic mass is 79.9. The van der Waals surface area contributed by atoms with Gasteiger partial charge < -0.3 is 4.74 Å². The fraction of sp³-hybridized carbons (Fsp3) is 0.294. The summed E-state index contributed by atoms with van der Waals surface area (Å²) >= 11 is 7.02. The van der Waals surface area contributed by atoms with E-state index in [1.165, 1.54) is 5.56 Å². The molecule has 0 radical (unpaired) electrons. The number of alkyl halides is 1. The van der Waals surface area contributed by atoms with E-state index in [9.17, 15) is 0 Å². The number of benzene rings is 2. The zero-order valence-electron chi connectivity index (χ0n) is 11.7. The summed E-state index contributed by atoms with van der Waals surface area (Å²) in [5, 5.41) is 0.779. The van der Waals surface area contributed by atoms with E-state index in [1.54, 1.807) is 0 Å². The largest absolute Gasteiger partial charge is 0.457 e. The van der Waals surface area contributed by atoms with Crippen LogP contribution in [0.2, 0.25) is 0 Å². The molecule has 0 aliphatic heterocycles. The fourth-order valence-corrected chi connectivity index (χ4v) is 2.86. The average molecular weight is 398 g/mol. The van der Waals surface area contributed by atoms with E-state index in [0.717, 1.165) is 33.3 Å². The Morgan fingerprint density at radius 2 is 1.85 bits per heavy atom. The van der Waals surface area contributed by atoms with E-state index in [2.05, 4.69) is 63.9 Å². The highest BCUT2D eigenvalue weighted by Crippen LogP contribution is 2.35. The standard InChI is InChI=1S/C17H18Br2O/c1-3-12(2)15-6-4-5-7-16(15)20-17-10-14(19)9-8-13(17)11-18/h4-10,12H,3,11H2,1-2H3. The maximum Gasteiger partial charge on any atom is 0.132 e. The zero-order chi connectivity index (χ0) is 14.5. The molecule has 2 aromatic carbocycles. The highest BCUT2D eigenvalue weighted by molar-refractivity contribution is 9.10. The molecule has 1 unspecified atom stereocenters. The zero-order valence-corrected chi connectivity index (χ0v) is 14.9. The molecule has 20 heavy (non-hydrogen) atoms. The molecule has 2 rings (SSSR count). The normalized spacial score (nSPS) is 12.2. The molecule has 0 fully saturated rings. The van der Waals surface area contributed by atoms with Crippen LogP contribution in [-0.4, -0.2) is 0 Å². The first-order valence-electron chi connectivity index (χ1n) is 6.76. The van der Waals surface area contributed by atoms with Crippen molar-refractivity contribution in [2.24, 2.45) is 0 Å². The second-order valence-corrected chi connectivity index (χ2v) is 6.31. The van der Waals surface area contributed by atoms with Gasteiger partial charge in [-0.2, -0.15) is 0 Å². The summed E-state index contributed by atoms with van der Waals surface area (Å²) in [5.41, 5.74) is 2.41. The van der Waals surface area contributed by atoms with Crippen LogP contribution in [0.15, 0.2) is 46.9 Å². The SMILES string of the molecule is CCC(C)c1ccccc1Oc1cc(Br)ccc1CBr. The van der Waals surface area contributed by atoms with Crippen molar-refractivity contribution in [3.63, 3.8) is 0 Å². The van der Waals surface area contributed by atoms with Crippen molar-refractivity contribution in [2.75, 3.05) is 0 Å². The van der Waals surface area contributed by atoms with Crippen molar-refractivity contribution in [2.45, 2.75) is 31.5 Å². The van der Waals surface area contributed by atoms with Crippen LogP contribution in [0.5, 0.6) is 11.5 Å². The second-order valence-electron chi connectivity index (χ2n) is 4.83. The molecular weight excluding hydrogens is 380 g/mol. The van der Waals surface area contributed by atoms with Gasteiger partial charge in [0.2, 0.25) is 0 Å². The van der Waals surface area contributed by atoms with Crippen LogP contribution in [0.1, 0.15) is 37.3 Å². The van der Waals surface area contributed by atoms with E-state index in [-0.39, 0.29) is 0 Å². The minimum Gasteiger partial charge on any atom is -0.457 e. The third kappa shape index (κ3) is 3.64. The monoisotopic (exact) mass is 396 g/mol. The molecule has 3 heteroatoms. The summed E-state index contributed by atoms with van der Waals surface area (Å²) < 4.78 is 7.20. The summed E-state index contributed by atoms with van der Waals surface area (Å²) in [6.45, 7) is 4.43. The van der Waals surface area contributed by atoms with Crippen LogP contribution in [0.3, 0.4) is 0 Å². The molecular formula is C17H18Br2O. The first-order chi connectivity index (χ1) is 9.65. The van der Waals surface area contributed by atoms with Gasteiger partial charge >= 0.3 is 0 Å². The molecule has 0 N–H and O–H groups in total. The quantitative estimate of drug-likeness (QED) is 0.513. The first-order valence-corrected chi connectivity index (χ1v) is 8.68. The van der Waals surface area contributed by atoms with Crippen molar-refractivity contribution < 1.29 is 4.74 Å². The van der Waals surface area contributed by atoms with Gasteiger partial charge in [0.1, 0.15) is 11.5 Å². The average Bonchev–Trinajstić information content (AvgIpc) is 2.47. The van der Waals surface area contributed by atoms with Crippen molar-refractivity contribution in [1.29, 1.82) is 0 Å². The summed E-state index contributed by atoms with van der Waals surface area (Å²) in [4.78, 5) is 0. The molecule has 0 aliphatic carbocycles. The number of ether oxygens (including phenoxy) is 1. The van der Waals surface area contributed by atoms with Gasteiger partial charge in [-0.25, -0.2) is 0 Å². The Bertz CT molecular complexity index is 581. The highest BCUT2D eigenvalue weighted by Gasteiger charge is 2.12. The van der Waals surface area contributed by atoms with Gasteiger partial charge in [0.15, 0.2) is 0 Å². The summed E-state index contributed by atoms with van der Waals surface area (Å²) in [6.07, 6.45) is 1.10. The molecule has 0 aliphatic rings. The van der Waals surface area contributed by atoms with E-state index < -0.39 is 0 Å². The van der Waals surface area contributed by atoms with Crippen LogP contribution in [0.4, 0.5) is 0 Å². The fourth-order valence-electron chi connectivity index (χ4n) is 2.05. The molecule has 0 amide bonds. The van der Waals surface area contributed by atoms with Crippen molar-refractivity contribution in [1.82, 2.24) is 0 Å². The van der Waals surface area contributed by atoms with E-state index in [1.807, 2.05) is 24.3 Å². The Hall–Kier alpha value is -0.800. The Labute approximate surface area is 137 Å². The lowest BCUT2D eigenvalue weighted by molar-refractivity contribution is 0.466. The number of hydrogen-bond acceptors (Lipinski definition) is 1. The molecule has 1 atom stereocenters. The Morgan fingerprint density at radius 1 is 1.10 bits per heavy atom. The molecule has 2 aromatic rings. The van der Waals surface area contributed by atoms with Crippen LogP contribution in [-0.2, 0) is 5.33 Å². The predicted molar refractivity (Wildman–Crippen MR) is 92.0 cm³/mol. The molecule has 0 heterocycles.